The minimum absolute atomic E-state index is 0.900. The van der Waals surface area contributed by atoms with E-state index in [0.717, 1.165) is 28.7 Å². The zero-order valence-electron chi connectivity index (χ0n) is 27.0. The van der Waals surface area contributed by atoms with E-state index in [9.17, 15) is 0 Å². The van der Waals surface area contributed by atoms with Gasteiger partial charge in [-0.15, -0.1) is 0 Å². The van der Waals surface area contributed by atoms with Gasteiger partial charge in [0.15, 0.2) is 13.8 Å². The van der Waals surface area contributed by atoms with Crippen LogP contribution in [0.1, 0.15) is 0 Å². The van der Waals surface area contributed by atoms with Crippen LogP contribution in [0.3, 0.4) is 0 Å². The second-order valence-corrected chi connectivity index (χ2v) is 16.9. The van der Waals surface area contributed by atoms with Gasteiger partial charge in [0, 0.05) is 23.5 Å². The van der Waals surface area contributed by atoms with Crippen molar-refractivity contribution in [2.45, 2.75) is 0 Å². The van der Waals surface area contributed by atoms with Gasteiger partial charge in [-0.1, -0.05) is 140 Å². The monoisotopic (exact) mass is 655 g/mol. The molecule has 7 aromatic carbocycles. The van der Waals surface area contributed by atoms with Gasteiger partial charge >= 0.3 is 0 Å². The van der Waals surface area contributed by atoms with Gasteiger partial charge < -0.3 is 14.0 Å². The fourth-order valence-electron chi connectivity index (χ4n) is 8.71. The Kier molecular flexibility index (Phi) is 5.69. The molecule has 1 spiro atoms. The Labute approximate surface area is 291 Å². The number of hydrogen-bond donors (Lipinski definition) is 0. The van der Waals surface area contributed by atoms with E-state index in [2.05, 4.69) is 181 Å². The molecule has 0 radical (unpaired) electrons. The molecule has 3 aliphatic rings. The molecule has 0 N–H and O–H groups in total. The van der Waals surface area contributed by atoms with Crippen molar-refractivity contribution >= 4 is 28.8 Å². The molecule has 0 unspecified atom stereocenters. The van der Waals surface area contributed by atoms with Crippen molar-refractivity contribution in [1.82, 2.24) is 4.57 Å². The Morgan fingerprint density at radius 2 is 0.680 bits per heavy atom. The van der Waals surface area contributed by atoms with E-state index in [0.29, 0.717) is 0 Å². The van der Waals surface area contributed by atoms with Crippen molar-refractivity contribution in [3.05, 3.63) is 176 Å². The second-order valence-electron chi connectivity index (χ2n) is 13.2. The molecule has 0 fully saturated rings. The molecule has 0 saturated heterocycles. The Morgan fingerprint density at radius 1 is 0.320 bits per heavy atom. The van der Waals surface area contributed by atoms with Gasteiger partial charge in [0.25, 0.3) is 0 Å². The van der Waals surface area contributed by atoms with Gasteiger partial charge in [-0.05, 0) is 78.4 Å². The molecule has 11 rings (SSSR count). The number of aromatic nitrogens is 1. The van der Waals surface area contributed by atoms with Crippen LogP contribution in [0.15, 0.2) is 176 Å². The highest BCUT2D eigenvalue weighted by Crippen LogP contribution is 2.49. The molecule has 0 saturated carbocycles. The van der Waals surface area contributed by atoms with Crippen molar-refractivity contribution in [2.24, 2.45) is 0 Å². The highest BCUT2D eigenvalue weighted by atomic mass is 28.3. The number of fused-ring (bicyclic) bond motifs is 16. The average Bonchev–Trinajstić information content (AvgIpc) is 3.62. The summed E-state index contributed by atoms with van der Waals surface area (Å²) < 4.78 is 16.0. The van der Waals surface area contributed by atoms with Crippen molar-refractivity contribution < 1.29 is 9.47 Å². The predicted octanol–water partition coefficient (Wildman–Crippen LogP) is 9.05. The summed E-state index contributed by atoms with van der Waals surface area (Å²) in [5, 5.41) is 4.96. The van der Waals surface area contributed by atoms with Gasteiger partial charge in [0.1, 0.15) is 17.2 Å². The summed E-state index contributed by atoms with van der Waals surface area (Å²) in [6.45, 7) is 0. The van der Waals surface area contributed by atoms with Crippen LogP contribution in [0.4, 0.5) is 0 Å². The fraction of sp³-hybridized carbons (Fsp3) is 0. The molecular weight excluding hydrogens is 627 g/mol. The molecule has 2 aliphatic heterocycles. The first-order valence-corrected chi connectivity index (χ1v) is 19.1. The van der Waals surface area contributed by atoms with Crippen LogP contribution in [0.2, 0.25) is 0 Å². The van der Waals surface area contributed by atoms with E-state index in [1.54, 1.807) is 0 Å². The van der Waals surface area contributed by atoms with Crippen LogP contribution in [0.5, 0.6) is 23.0 Å². The van der Waals surface area contributed by atoms with E-state index >= 15 is 0 Å². The van der Waals surface area contributed by atoms with E-state index in [-0.39, 0.29) is 0 Å². The number of para-hydroxylation sites is 4. The third kappa shape index (κ3) is 3.63. The van der Waals surface area contributed by atoms with Gasteiger partial charge in [-0.25, -0.2) is 0 Å². The van der Waals surface area contributed by atoms with Crippen LogP contribution < -0.4 is 30.2 Å². The summed E-state index contributed by atoms with van der Waals surface area (Å²) in [7, 11) is -2.87. The Morgan fingerprint density at radius 3 is 1.14 bits per heavy atom. The lowest BCUT2D eigenvalue weighted by Gasteiger charge is -2.43. The quantitative estimate of drug-likeness (QED) is 0.165. The normalized spacial score (nSPS) is 13.7. The zero-order valence-corrected chi connectivity index (χ0v) is 28.0. The number of rotatable bonds is 1. The van der Waals surface area contributed by atoms with Gasteiger partial charge in [0.05, 0.1) is 5.69 Å². The third-order valence-corrected chi connectivity index (χ3v) is 15.6. The number of ether oxygens (including phenoxy) is 2. The van der Waals surface area contributed by atoms with Gasteiger partial charge in [-0.2, -0.15) is 0 Å². The first kappa shape index (κ1) is 27.6. The molecule has 8 aromatic rings. The topological polar surface area (TPSA) is 23.4 Å². The van der Waals surface area contributed by atoms with E-state index < -0.39 is 8.07 Å². The molecule has 0 amide bonds. The van der Waals surface area contributed by atoms with Crippen molar-refractivity contribution in [2.75, 3.05) is 0 Å². The Balaban J connectivity index is 1.22. The lowest BCUT2D eigenvalue weighted by Crippen LogP contribution is -2.77. The first-order chi connectivity index (χ1) is 24.8. The lowest BCUT2D eigenvalue weighted by molar-refractivity contribution is 0.480. The van der Waals surface area contributed by atoms with Gasteiger partial charge in [0.2, 0.25) is 0 Å². The largest absolute Gasteiger partial charge is 0.458 e. The maximum atomic E-state index is 7.06. The molecule has 50 heavy (non-hydrogen) atoms. The SMILES string of the molecule is c1ccc2c(c1)Oc1ccccc1[Si]21c2ccccc2Oc2c(-n3cc4c(c3)-c3ccccc3-c3ccccc3-c3ccccc3-4)cccc21. The minimum atomic E-state index is -2.87. The maximum absolute atomic E-state index is 7.06. The minimum Gasteiger partial charge on any atom is -0.458 e. The summed E-state index contributed by atoms with van der Waals surface area (Å²) in [4.78, 5) is 0. The van der Waals surface area contributed by atoms with E-state index in [4.69, 9.17) is 9.47 Å². The maximum Gasteiger partial charge on any atom is 0.196 e. The molecule has 3 heterocycles. The molecule has 1 aliphatic carbocycles. The second kappa shape index (κ2) is 10.3. The van der Waals surface area contributed by atoms with Crippen molar-refractivity contribution in [1.29, 1.82) is 0 Å². The summed E-state index contributed by atoms with van der Waals surface area (Å²) in [5.74, 6) is 3.64. The highest BCUT2D eigenvalue weighted by Gasteiger charge is 2.53. The molecular formula is C46H29NO2Si. The molecule has 0 atom stereocenters. The number of hydrogen-bond acceptors (Lipinski definition) is 2. The smallest absolute Gasteiger partial charge is 0.196 e. The van der Waals surface area contributed by atoms with Gasteiger partial charge in [-0.3, -0.25) is 0 Å². The number of benzene rings is 7. The number of nitrogens with zero attached hydrogens (tertiary/aromatic N) is 1. The average molecular weight is 656 g/mol. The van der Waals surface area contributed by atoms with Crippen molar-refractivity contribution in [3.63, 3.8) is 0 Å². The Bertz CT molecular complexity index is 2540. The highest BCUT2D eigenvalue weighted by molar-refractivity contribution is 7.21. The third-order valence-electron chi connectivity index (χ3n) is 10.7. The summed E-state index contributed by atoms with van der Waals surface area (Å²) in [6.07, 6.45) is 4.61. The van der Waals surface area contributed by atoms with Crippen molar-refractivity contribution in [3.8, 4) is 73.2 Å². The zero-order chi connectivity index (χ0) is 32.8. The standard InChI is InChI=1S/C46H29NO2Si/c1-2-15-31-30(14-1)32-16-3-5-18-34(32)36-28-47(29-37(36)35-19-6-4-17-33(31)35)38-20-13-27-45-46(38)49-41-23-9-12-26-44(41)50(45)42-24-10-7-21-39(42)48-40-22-8-11-25-43(40)50/h1-29H. The van der Waals surface area contributed by atoms with E-state index in [1.807, 2.05) is 0 Å². The molecule has 4 heteroatoms. The molecule has 234 valence electrons. The van der Waals surface area contributed by atoms with Crippen LogP contribution in [-0.4, -0.2) is 12.6 Å². The van der Waals surface area contributed by atoms with Crippen LogP contribution in [0, 0.1) is 0 Å². The first-order valence-electron chi connectivity index (χ1n) is 17.1. The summed E-state index contributed by atoms with van der Waals surface area (Å²) in [6, 6.07) is 58.9. The van der Waals surface area contributed by atoms with Crippen LogP contribution >= 0.6 is 0 Å². The molecule has 1 aromatic heterocycles. The summed E-state index contributed by atoms with van der Waals surface area (Å²) in [5.41, 5.74) is 10.8. The van der Waals surface area contributed by atoms with Crippen LogP contribution in [0.25, 0.3) is 50.2 Å². The van der Waals surface area contributed by atoms with E-state index in [1.165, 1.54) is 65.3 Å². The molecule has 0 bridgehead atoms. The fourth-order valence-corrected chi connectivity index (χ4v) is 13.9. The van der Waals surface area contributed by atoms with Crippen LogP contribution in [-0.2, 0) is 0 Å². The lowest BCUT2D eigenvalue weighted by atomic mass is 9.82. The Hall–Kier alpha value is -6.36. The molecule has 3 nitrogen and oxygen atoms in total. The summed E-state index contributed by atoms with van der Waals surface area (Å²) >= 11 is 0. The predicted molar refractivity (Wildman–Crippen MR) is 205 cm³/mol.